The Labute approximate surface area is 98.5 Å². The molecule has 1 nitrogen and oxygen atoms in total. The van der Waals surface area contributed by atoms with Crippen molar-refractivity contribution in [2.45, 2.75) is 39.2 Å². The molecule has 0 amide bonds. The van der Waals surface area contributed by atoms with Crippen LogP contribution in [-0.2, 0) is 0 Å². The smallest absolute Gasteiger partial charge is 0.111 e. The Morgan fingerprint density at radius 3 is 2.79 bits per heavy atom. The molecule has 0 aromatic heterocycles. The van der Waals surface area contributed by atoms with Crippen LogP contribution >= 0.6 is 0 Å². The van der Waals surface area contributed by atoms with Crippen LogP contribution in [0.3, 0.4) is 0 Å². The van der Waals surface area contributed by atoms with Gasteiger partial charge < -0.3 is 21.5 Å². The molecule has 2 saturated heterocycles. The lowest BCUT2D eigenvalue weighted by Crippen LogP contribution is -3.00. The van der Waals surface area contributed by atoms with Crippen molar-refractivity contribution in [1.29, 1.82) is 0 Å². The fourth-order valence-electron chi connectivity index (χ4n) is 3.46. The minimum Gasteiger partial charge on any atom is -1.00 e. The normalized spacial score (nSPS) is 35.9. The Kier molecular flexibility index (Phi) is 3.81. The monoisotopic (exact) mass is 259 g/mol. The van der Waals surface area contributed by atoms with Gasteiger partial charge >= 0.3 is 0 Å². The fourth-order valence-corrected chi connectivity index (χ4v) is 3.46. The number of hydrogen-bond acceptors (Lipinski definition) is 0. The van der Waals surface area contributed by atoms with E-state index in [2.05, 4.69) is 20.4 Å². The lowest BCUT2D eigenvalue weighted by atomic mass is 10.1. The van der Waals surface area contributed by atoms with E-state index in [0.717, 1.165) is 12.0 Å². The summed E-state index contributed by atoms with van der Waals surface area (Å²) in [5.41, 5.74) is 1.54. The maximum atomic E-state index is 4.23. The quantitative estimate of drug-likeness (QED) is 0.467. The summed E-state index contributed by atoms with van der Waals surface area (Å²) in [5, 5.41) is 0. The second-order valence-corrected chi connectivity index (χ2v) is 5.31. The minimum atomic E-state index is 0. The van der Waals surface area contributed by atoms with Gasteiger partial charge in [-0.15, -0.1) is 0 Å². The first-order chi connectivity index (χ1) is 6.14. The highest BCUT2D eigenvalue weighted by molar-refractivity contribution is 5.08. The van der Waals surface area contributed by atoms with Crippen LogP contribution in [0.4, 0.5) is 0 Å². The first kappa shape index (κ1) is 12.3. The fraction of sp³-hybridized carbons (Fsp3) is 0.833. The Balaban J connectivity index is 0.000000980. The van der Waals surface area contributed by atoms with E-state index < -0.39 is 0 Å². The SMILES string of the molecule is C=C1CC[N+]2(CC(C)C)CCCC12.[Br-]. The van der Waals surface area contributed by atoms with Gasteiger partial charge in [0.2, 0.25) is 0 Å². The van der Waals surface area contributed by atoms with Gasteiger partial charge in [-0.3, -0.25) is 0 Å². The van der Waals surface area contributed by atoms with Crippen LogP contribution < -0.4 is 17.0 Å². The molecular weight excluding hydrogens is 238 g/mol. The third-order valence-corrected chi connectivity index (χ3v) is 3.82. The van der Waals surface area contributed by atoms with E-state index in [9.17, 15) is 0 Å². The molecule has 2 aliphatic rings. The van der Waals surface area contributed by atoms with Gasteiger partial charge in [0.15, 0.2) is 0 Å². The largest absolute Gasteiger partial charge is 1.00 e. The maximum absolute atomic E-state index is 4.23. The molecule has 2 heteroatoms. The molecular formula is C12H22BrN. The molecule has 82 valence electrons. The summed E-state index contributed by atoms with van der Waals surface area (Å²) in [4.78, 5) is 0. The molecule has 2 rings (SSSR count). The maximum Gasteiger partial charge on any atom is 0.111 e. The van der Waals surface area contributed by atoms with E-state index in [0.29, 0.717) is 0 Å². The van der Waals surface area contributed by atoms with E-state index in [1.165, 1.54) is 49.0 Å². The van der Waals surface area contributed by atoms with Crippen molar-refractivity contribution in [3.63, 3.8) is 0 Å². The highest BCUT2D eigenvalue weighted by atomic mass is 79.9. The summed E-state index contributed by atoms with van der Waals surface area (Å²) >= 11 is 0. The summed E-state index contributed by atoms with van der Waals surface area (Å²) < 4.78 is 1.39. The van der Waals surface area contributed by atoms with Crippen molar-refractivity contribution in [2.24, 2.45) is 5.92 Å². The average Bonchev–Trinajstić information content (AvgIpc) is 2.52. The van der Waals surface area contributed by atoms with Crippen LogP contribution in [0.2, 0.25) is 0 Å². The molecule has 2 unspecified atom stereocenters. The van der Waals surface area contributed by atoms with E-state index in [1.807, 2.05) is 0 Å². The molecule has 0 radical (unpaired) electrons. The predicted molar refractivity (Wildman–Crippen MR) is 56.5 cm³/mol. The number of halogens is 1. The number of quaternary nitrogens is 1. The van der Waals surface area contributed by atoms with Crippen LogP contribution in [0.15, 0.2) is 12.2 Å². The Morgan fingerprint density at radius 2 is 2.14 bits per heavy atom. The molecule has 2 heterocycles. The standard InChI is InChI=1S/C12H22N.BrH/c1-10(2)9-13-7-4-5-12(13)11(3)6-8-13;/h10,12H,3-9H2,1-2H3;1H/q+1;/p-1. The highest BCUT2D eigenvalue weighted by Gasteiger charge is 2.47. The van der Waals surface area contributed by atoms with Gasteiger partial charge in [-0.1, -0.05) is 20.4 Å². The number of rotatable bonds is 2. The zero-order valence-corrected chi connectivity index (χ0v) is 11.0. The van der Waals surface area contributed by atoms with Crippen LogP contribution in [0.1, 0.15) is 33.1 Å². The first-order valence-corrected chi connectivity index (χ1v) is 5.67. The molecule has 0 saturated carbocycles. The zero-order valence-electron chi connectivity index (χ0n) is 9.43. The number of nitrogens with zero attached hydrogens (tertiary/aromatic N) is 1. The van der Waals surface area contributed by atoms with Crippen molar-refractivity contribution in [3.8, 4) is 0 Å². The highest BCUT2D eigenvalue weighted by Crippen LogP contribution is 2.39. The van der Waals surface area contributed by atoms with Gasteiger partial charge in [0.25, 0.3) is 0 Å². The van der Waals surface area contributed by atoms with E-state index >= 15 is 0 Å². The lowest BCUT2D eigenvalue weighted by molar-refractivity contribution is -0.927. The van der Waals surface area contributed by atoms with Gasteiger partial charge in [0.1, 0.15) is 6.04 Å². The van der Waals surface area contributed by atoms with Gasteiger partial charge in [-0.25, -0.2) is 0 Å². The molecule has 2 fully saturated rings. The first-order valence-electron chi connectivity index (χ1n) is 5.67. The predicted octanol–water partition coefficient (Wildman–Crippen LogP) is -0.414. The van der Waals surface area contributed by atoms with Gasteiger partial charge in [-0.05, 0) is 5.57 Å². The van der Waals surface area contributed by atoms with Gasteiger partial charge in [-0.2, -0.15) is 0 Å². The molecule has 2 atom stereocenters. The van der Waals surface area contributed by atoms with Crippen LogP contribution in [-0.4, -0.2) is 30.2 Å². The second-order valence-electron chi connectivity index (χ2n) is 5.31. The zero-order chi connectivity index (χ0) is 9.47. The number of hydrogen-bond donors (Lipinski definition) is 0. The number of fused-ring (bicyclic) bond motifs is 1. The summed E-state index contributed by atoms with van der Waals surface area (Å²) in [6, 6.07) is 0.836. The van der Waals surface area contributed by atoms with E-state index in [1.54, 1.807) is 0 Å². The van der Waals surface area contributed by atoms with Gasteiger partial charge in [0, 0.05) is 25.2 Å². The summed E-state index contributed by atoms with van der Waals surface area (Å²) in [5.74, 6) is 0.839. The van der Waals surface area contributed by atoms with E-state index in [4.69, 9.17) is 0 Å². The summed E-state index contributed by atoms with van der Waals surface area (Å²) in [7, 11) is 0. The summed E-state index contributed by atoms with van der Waals surface area (Å²) in [6.07, 6.45) is 4.12. The van der Waals surface area contributed by atoms with Crippen LogP contribution in [0.5, 0.6) is 0 Å². The Morgan fingerprint density at radius 1 is 1.43 bits per heavy atom. The van der Waals surface area contributed by atoms with Crippen LogP contribution in [0.25, 0.3) is 0 Å². The van der Waals surface area contributed by atoms with Crippen molar-refractivity contribution >= 4 is 0 Å². The minimum absolute atomic E-state index is 0. The summed E-state index contributed by atoms with van der Waals surface area (Å²) in [6.45, 7) is 13.1. The van der Waals surface area contributed by atoms with Crippen molar-refractivity contribution in [2.75, 3.05) is 19.6 Å². The van der Waals surface area contributed by atoms with Crippen molar-refractivity contribution < 1.29 is 21.5 Å². The molecule has 0 aromatic carbocycles. The third kappa shape index (κ3) is 1.92. The Hall–Kier alpha value is 0.180. The molecule has 0 spiro atoms. The molecule has 14 heavy (non-hydrogen) atoms. The molecule has 0 aromatic rings. The third-order valence-electron chi connectivity index (χ3n) is 3.82. The van der Waals surface area contributed by atoms with Crippen LogP contribution in [0, 0.1) is 5.92 Å². The van der Waals surface area contributed by atoms with E-state index in [-0.39, 0.29) is 17.0 Å². The van der Waals surface area contributed by atoms with Crippen molar-refractivity contribution in [3.05, 3.63) is 12.2 Å². The lowest BCUT2D eigenvalue weighted by Gasteiger charge is -2.36. The molecule has 0 aliphatic carbocycles. The molecule has 0 bridgehead atoms. The molecule has 0 N–H and O–H groups in total. The Bertz CT molecular complexity index is 224. The van der Waals surface area contributed by atoms with Gasteiger partial charge in [0.05, 0.1) is 19.6 Å². The topological polar surface area (TPSA) is 0 Å². The average molecular weight is 260 g/mol. The van der Waals surface area contributed by atoms with Crippen molar-refractivity contribution in [1.82, 2.24) is 0 Å². The molecule has 2 aliphatic heterocycles. The second kappa shape index (κ2) is 4.36.